The van der Waals surface area contributed by atoms with Crippen LogP contribution in [0.15, 0.2) is 42.5 Å². The molecule has 0 saturated carbocycles. The molecule has 3 aromatic rings. The fourth-order valence-corrected chi connectivity index (χ4v) is 3.31. The van der Waals surface area contributed by atoms with Crippen molar-refractivity contribution in [2.24, 2.45) is 5.92 Å². The van der Waals surface area contributed by atoms with Gasteiger partial charge >= 0.3 is 0 Å². The lowest BCUT2D eigenvalue weighted by atomic mass is 10.1. The summed E-state index contributed by atoms with van der Waals surface area (Å²) in [6.45, 7) is 10.7. The first-order valence-electron chi connectivity index (χ1n) is 9.94. The molecule has 0 bridgehead atoms. The summed E-state index contributed by atoms with van der Waals surface area (Å²) in [5, 5.41) is 0. The van der Waals surface area contributed by atoms with E-state index in [1.807, 2.05) is 31.2 Å². The lowest BCUT2D eigenvalue weighted by Crippen LogP contribution is -2.11. The van der Waals surface area contributed by atoms with Crippen LogP contribution in [-0.2, 0) is 19.6 Å². The summed E-state index contributed by atoms with van der Waals surface area (Å²) >= 11 is 0. The highest BCUT2D eigenvalue weighted by molar-refractivity contribution is 5.77. The van der Waals surface area contributed by atoms with Gasteiger partial charge in [-0.2, -0.15) is 0 Å². The third-order valence-electron chi connectivity index (χ3n) is 4.46. The van der Waals surface area contributed by atoms with Crippen molar-refractivity contribution in [1.29, 1.82) is 0 Å². The molecule has 0 unspecified atom stereocenters. The smallest absolute Gasteiger partial charge is 0.148 e. The molecular formula is C23H30N2O2. The van der Waals surface area contributed by atoms with Crippen LogP contribution in [0.4, 0.5) is 0 Å². The molecule has 0 aliphatic heterocycles. The van der Waals surface area contributed by atoms with Gasteiger partial charge in [-0.1, -0.05) is 39.3 Å². The molecule has 0 amide bonds. The van der Waals surface area contributed by atoms with Crippen LogP contribution >= 0.6 is 0 Å². The van der Waals surface area contributed by atoms with Gasteiger partial charge in [0.2, 0.25) is 0 Å². The zero-order valence-electron chi connectivity index (χ0n) is 16.9. The molecule has 0 atom stereocenters. The van der Waals surface area contributed by atoms with Gasteiger partial charge in [0.25, 0.3) is 0 Å². The normalized spacial score (nSPS) is 11.3. The lowest BCUT2D eigenvalue weighted by Gasteiger charge is -2.13. The zero-order valence-corrected chi connectivity index (χ0v) is 16.9. The number of imidazole rings is 1. The number of hydrogen-bond acceptors (Lipinski definition) is 3. The summed E-state index contributed by atoms with van der Waals surface area (Å²) in [6, 6.07) is 14.4. The fraction of sp³-hybridized carbons (Fsp3) is 0.435. The minimum absolute atomic E-state index is 0.445. The first-order chi connectivity index (χ1) is 13.1. The Morgan fingerprint density at radius 1 is 1.00 bits per heavy atom. The Kier molecular flexibility index (Phi) is 6.38. The average Bonchev–Trinajstić information content (AvgIpc) is 2.97. The Morgan fingerprint density at radius 2 is 1.78 bits per heavy atom. The van der Waals surface area contributed by atoms with Crippen molar-refractivity contribution in [2.75, 3.05) is 6.61 Å². The van der Waals surface area contributed by atoms with Gasteiger partial charge in [0.15, 0.2) is 0 Å². The minimum atomic E-state index is 0.445. The van der Waals surface area contributed by atoms with Gasteiger partial charge in [-0.3, -0.25) is 0 Å². The molecule has 144 valence electrons. The van der Waals surface area contributed by atoms with E-state index in [0.29, 0.717) is 19.1 Å². The molecule has 1 heterocycles. The number of benzene rings is 2. The lowest BCUT2D eigenvalue weighted by molar-refractivity contribution is 0.283. The van der Waals surface area contributed by atoms with Crippen molar-refractivity contribution < 1.29 is 9.47 Å². The topological polar surface area (TPSA) is 36.3 Å². The van der Waals surface area contributed by atoms with Gasteiger partial charge in [0.05, 0.1) is 17.6 Å². The molecular weight excluding hydrogens is 336 g/mol. The predicted molar refractivity (Wildman–Crippen MR) is 111 cm³/mol. The molecule has 2 aromatic carbocycles. The molecule has 0 saturated heterocycles. The van der Waals surface area contributed by atoms with Gasteiger partial charge in [-0.15, -0.1) is 0 Å². The highest BCUT2D eigenvalue weighted by Crippen LogP contribution is 2.23. The van der Waals surface area contributed by atoms with E-state index >= 15 is 0 Å². The Labute approximate surface area is 162 Å². The molecule has 0 radical (unpaired) electrons. The summed E-state index contributed by atoms with van der Waals surface area (Å²) < 4.78 is 13.9. The number of hydrogen-bond donors (Lipinski definition) is 0. The van der Waals surface area contributed by atoms with Crippen LogP contribution in [0.5, 0.6) is 11.5 Å². The second kappa shape index (κ2) is 8.94. The molecule has 3 rings (SSSR count). The van der Waals surface area contributed by atoms with Crippen molar-refractivity contribution >= 4 is 11.0 Å². The number of nitrogens with zero attached hydrogens (tertiary/aromatic N) is 2. The molecule has 0 aliphatic carbocycles. The molecule has 0 fully saturated rings. The van der Waals surface area contributed by atoms with Crippen LogP contribution in [-0.4, -0.2) is 16.2 Å². The highest BCUT2D eigenvalue weighted by atomic mass is 16.5. The summed E-state index contributed by atoms with van der Waals surface area (Å²) in [6.07, 6.45) is 2.24. The largest absolute Gasteiger partial charge is 0.494 e. The van der Waals surface area contributed by atoms with Gasteiger partial charge < -0.3 is 14.0 Å². The second-order valence-corrected chi connectivity index (χ2v) is 7.30. The maximum Gasteiger partial charge on any atom is 0.148 e. The Balaban J connectivity index is 1.87. The van der Waals surface area contributed by atoms with E-state index in [1.54, 1.807) is 0 Å². The van der Waals surface area contributed by atoms with Crippen molar-refractivity contribution in [2.45, 2.75) is 53.7 Å². The van der Waals surface area contributed by atoms with E-state index in [-0.39, 0.29) is 0 Å². The molecule has 4 nitrogen and oxygen atoms in total. The van der Waals surface area contributed by atoms with Crippen LogP contribution in [0, 0.1) is 5.92 Å². The maximum absolute atomic E-state index is 6.05. The van der Waals surface area contributed by atoms with Crippen LogP contribution in [0.1, 0.15) is 45.5 Å². The standard InChI is InChI=1S/C23H30N2O2/c1-5-8-18-11-12-21-22(13-18)25(15-17(3)4)23(24-21)16-27-20-10-7-9-19(14-20)26-6-2/h7,9-14,17H,5-6,8,15-16H2,1-4H3. The fourth-order valence-electron chi connectivity index (χ4n) is 3.31. The minimum Gasteiger partial charge on any atom is -0.494 e. The number of aryl methyl sites for hydroxylation is 1. The highest BCUT2D eigenvalue weighted by Gasteiger charge is 2.13. The van der Waals surface area contributed by atoms with E-state index in [1.165, 1.54) is 11.1 Å². The number of aromatic nitrogens is 2. The summed E-state index contributed by atoms with van der Waals surface area (Å²) in [4.78, 5) is 4.85. The molecule has 0 spiro atoms. The molecule has 4 heteroatoms. The van der Waals surface area contributed by atoms with E-state index < -0.39 is 0 Å². The molecule has 27 heavy (non-hydrogen) atoms. The van der Waals surface area contributed by atoms with Crippen LogP contribution in [0.25, 0.3) is 11.0 Å². The van der Waals surface area contributed by atoms with Crippen LogP contribution < -0.4 is 9.47 Å². The van der Waals surface area contributed by atoms with Crippen molar-refractivity contribution in [3.05, 3.63) is 53.9 Å². The van der Waals surface area contributed by atoms with E-state index in [0.717, 1.165) is 42.2 Å². The number of ether oxygens (including phenoxy) is 2. The first kappa shape index (κ1) is 19.3. The first-order valence-corrected chi connectivity index (χ1v) is 9.94. The zero-order chi connectivity index (χ0) is 19.2. The third-order valence-corrected chi connectivity index (χ3v) is 4.46. The van der Waals surface area contributed by atoms with E-state index in [4.69, 9.17) is 14.5 Å². The van der Waals surface area contributed by atoms with E-state index in [9.17, 15) is 0 Å². The number of fused-ring (bicyclic) bond motifs is 1. The van der Waals surface area contributed by atoms with Crippen molar-refractivity contribution in [3.8, 4) is 11.5 Å². The summed E-state index contributed by atoms with van der Waals surface area (Å²) in [5.74, 6) is 3.14. The monoisotopic (exact) mass is 366 g/mol. The van der Waals surface area contributed by atoms with Gasteiger partial charge in [0.1, 0.15) is 23.9 Å². The van der Waals surface area contributed by atoms with Gasteiger partial charge in [0, 0.05) is 12.6 Å². The van der Waals surface area contributed by atoms with E-state index in [2.05, 4.69) is 43.5 Å². The SMILES string of the molecule is CCCc1ccc2nc(COc3cccc(OCC)c3)n(CC(C)C)c2c1. The third kappa shape index (κ3) is 4.82. The van der Waals surface area contributed by atoms with Crippen LogP contribution in [0.2, 0.25) is 0 Å². The van der Waals surface area contributed by atoms with Crippen molar-refractivity contribution in [1.82, 2.24) is 9.55 Å². The summed E-state index contributed by atoms with van der Waals surface area (Å²) in [5.41, 5.74) is 3.61. The predicted octanol–water partition coefficient (Wildman–Crippen LogP) is 5.62. The van der Waals surface area contributed by atoms with Crippen molar-refractivity contribution in [3.63, 3.8) is 0 Å². The Hall–Kier alpha value is -2.49. The van der Waals surface area contributed by atoms with Gasteiger partial charge in [-0.05, 0) is 49.1 Å². The quantitative estimate of drug-likeness (QED) is 0.493. The maximum atomic E-state index is 6.05. The Bertz CT molecular complexity index is 883. The molecule has 0 N–H and O–H groups in total. The average molecular weight is 367 g/mol. The van der Waals surface area contributed by atoms with Crippen LogP contribution in [0.3, 0.4) is 0 Å². The van der Waals surface area contributed by atoms with Gasteiger partial charge in [-0.25, -0.2) is 4.98 Å². The second-order valence-electron chi connectivity index (χ2n) is 7.30. The molecule has 1 aromatic heterocycles. The Morgan fingerprint density at radius 3 is 2.48 bits per heavy atom. The molecule has 0 aliphatic rings. The number of rotatable bonds is 9. The summed E-state index contributed by atoms with van der Waals surface area (Å²) in [7, 11) is 0.